The van der Waals surface area contributed by atoms with E-state index in [-0.39, 0.29) is 31.3 Å². The summed E-state index contributed by atoms with van der Waals surface area (Å²) in [5.74, 6) is -0.356. The van der Waals surface area contributed by atoms with Crippen LogP contribution in [-0.4, -0.2) is 42.3 Å². The van der Waals surface area contributed by atoms with E-state index in [1.807, 2.05) is 27.7 Å². The maximum Gasteiger partial charge on any atom is 0.410 e. The third-order valence-corrected chi connectivity index (χ3v) is 2.85. The summed E-state index contributed by atoms with van der Waals surface area (Å²) in [5, 5.41) is 0. The van der Waals surface area contributed by atoms with Gasteiger partial charge in [0.15, 0.2) is 0 Å². The van der Waals surface area contributed by atoms with Crippen molar-refractivity contribution in [3.05, 3.63) is 0 Å². The lowest BCUT2D eigenvalue weighted by molar-refractivity contribution is -0.148. The molecule has 1 fully saturated rings. The predicted molar refractivity (Wildman–Crippen MR) is 73.8 cm³/mol. The predicted octanol–water partition coefficient (Wildman–Crippen LogP) is 2.69. The van der Waals surface area contributed by atoms with Crippen molar-refractivity contribution in [1.82, 2.24) is 4.90 Å². The van der Waals surface area contributed by atoms with Crippen molar-refractivity contribution in [1.29, 1.82) is 0 Å². The van der Waals surface area contributed by atoms with Crippen molar-refractivity contribution >= 4 is 12.1 Å². The first-order valence-corrected chi connectivity index (χ1v) is 6.39. The van der Waals surface area contributed by atoms with Gasteiger partial charge in [0.25, 0.3) is 0 Å². The molecule has 1 amide bonds. The van der Waals surface area contributed by atoms with E-state index < -0.39 is 5.60 Å². The van der Waals surface area contributed by atoms with E-state index in [1.54, 1.807) is 11.8 Å². The van der Waals surface area contributed by atoms with Crippen molar-refractivity contribution in [3.8, 4) is 0 Å². The van der Waals surface area contributed by atoms with Gasteiger partial charge in [0.05, 0.1) is 12.5 Å². The number of esters is 1. The van der Waals surface area contributed by atoms with E-state index in [2.05, 4.69) is 0 Å². The van der Waals surface area contributed by atoms with Crippen LogP contribution in [0.15, 0.2) is 0 Å². The minimum absolute atomic E-state index is 0. The smallest absolute Gasteiger partial charge is 0.410 e. The summed E-state index contributed by atoms with van der Waals surface area (Å²) in [6.07, 6.45) is -0.360. The summed E-state index contributed by atoms with van der Waals surface area (Å²) in [6.45, 7) is 10.5. The van der Waals surface area contributed by atoms with E-state index in [0.717, 1.165) is 0 Å². The molecule has 1 aliphatic heterocycles. The minimum Gasteiger partial charge on any atom is -0.466 e. The average Bonchev–Trinajstić information content (AvgIpc) is 2.58. The third-order valence-electron chi connectivity index (χ3n) is 2.85. The molecular formula is C14H27NO4. The Morgan fingerprint density at radius 1 is 1.26 bits per heavy atom. The highest BCUT2D eigenvalue weighted by Gasteiger charge is 2.39. The van der Waals surface area contributed by atoms with Crippen LogP contribution in [0.2, 0.25) is 0 Å². The molecule has 5 heteroatoms. The maximum absolute atomic E-state index is 11.9. The van der Waals surface area contributed by atoms with Crippen molar-refractivity contribution in [3.63, 3.8) is 0 Å². The van der Waals surface area contributed by atoms with Crippen LogP contribution >= 0.6 is 0 Å². The fourth-order valence-corrected chi connectivity index (χ4v) is 2.00. The normalized spacial score (nSPS) is 22.7. The molecule has 1 aliphatic rings. The third kappa shape index (κ3) is 5.09. The van der Waals surface area contributed by atoms with Gasteiger partial charge >= 0.3 is 12.1 Å². The summed E-state index contributed by atoms with van der Waals surface area (Å²) < 4.78 is 10.3. The molecule has 1 unspecified atom stereocenters. The SMILES string of the molecule is C.CCOC(=O)C1CN(C(=O)OC(C)(C)C)C[C@H]1C. The molecule has 0 radical (unpaired) electrons. The van der Waals surface area contributed by atoms with Gasteiger partial charge in [-0.25, -0.2) is 4.79 Å². The molecule has 19 heavy (non-hydrogen) atoms. The van der Waals surface area contributed by atoms with Gasteiger partial charge in [0.1, 0.15) is 5.60 Å². The Hall–Kier alpha value is -1.26. The number of nitrogens with zero attached hydrogens (tertiary/aromatic N) is 1. The molecule has 0 saturated carbocycles. The Bertz CT molecular complexity index is 322. The molecule has 1 saturated heterocycles. The van der Waals surface area contributed by atoms with Gasteiger partial charge in [-0.05, 0) is 33.6 Å². The van der Waals surface area contributed by atoms with Gasteiger partial charge in [0.2, 0.25) is 0 Å². The Kier molecular flexibility index (Phi) is 6.33. The largest absolute Gasteiger partial charge is 0.466 e. The topological polar surface area (TPSA) is 55.8 Å². The summed E-state index contributed by atoms with van der Waals surface area (Å²) in [4.78, 5) is 25.2. The van der Waals surface area contributed by atoms with Crippen molar-refractivity contribution in [2.24, 2.45) is 11.8 Å². The molecule has 1 heterocycles. The number of carbonyl (C=O) groups excluding carboxylic acids is 2. The molecular weight excluding hydrogens is 246 g/mol. The molecule has 0 spiro atoms. The van der Waals surface area contributed by atoms with Crippen molar-refractivity contribution < 1.29 is 19.1 Å². The van der Waals surface area contributed by atoms with Crippen LogP contribution in [0, 0.1) is 11.8 Å². The molecule has 2 atom stereocenters. The average molecular weight is 273 g/mol. The zero-order valence-corrected chi connectivity index (χ0v) is 11.9. The quantitative estimate of drug-likeness (QED) is 0.726. The van der Waals surface area contributed by atoms with Crippen LogP contribution in [0.5, 0.6) is 0 Å². The summed E-state index contributed by atoms with van der Waals surface area (Å²) >= 11 is 0. The second kappa shape index (κ2) is 6.78. The van der Waals surface area contributed by atoms with Gasteiger partial charge in [-0.15, -0.1) is 0 Å². The van der Waals surface area contributed by atoms with Crippen LogP contribution in [-0.2, 0) is 14.3 Å². The second-order valence-electron chi connectivity index (χ2n) is 5.72. The highest BCUT2D eigenvalue weighted by molar-refractivity contribution is 5.76. The molecule has 1 rings (SSSR count). The lowest BCUT2D eigenvalue weighted by atomic mass is 9.99. The Morgan fingerprint density at radius 2 is 1.84 bits per heavy atom. The van der Waals surface area contributed by atoms with Crippen LogP contribution in [0.25, 0.3) is 0 Å². The molecule has 0 aromatic carbocycles. The highest BCUT2D eigenvalue weighted by atomic mass is 16.6. The number of amides is 1. The zero-order valence-electron chi connectivity index (χ0n) is 11.9. The number of hydrogen-bond acceptors (Lipinski definition) is 4. The second-order valence-corrected chi connectivity index (χ2v) is 5.72. The highest BCUT2D eigenvalue weighted by Crippen LogP contribution is 2.25. The van der Waals surface area contributed by atoms with Crippen LogP contribution in [0.1, 0.15) is 42.0 Å². The Balaban J connectivity index is 0.00000324. The minimum atomic E-state index is -0.512. The van der Waals surface area contributed by atoms with E-state index in [1.165, 1.54) is 0 Å². The van der Waals surface area contributed by atoms with Gasteiger partial charge in [-0.3, -0.25) is 4.79 Å². The fourth-order valence-electron chi connectivity index (χ4n) is 2.00. The maximum atomic E-state index is 11.9. The molecule has 5 nitrogen and oxygen atoms in total. The van der Waals surface area contributed by atoms with E-state index >= 15 is 0 Å². The van der Waals surface area contributed by atoms with E-state index in [4.69, 9.17) is 9.47 Å². The number of hydrogen-bond donors (Lipinski definition) is 0. The fraction of sp³-hybridized carbons (Fsp3) is 0.857. The summed E-state index contributed by atoms with van der Waals surface area (Å²) in [5.41, 5.74) is -0.512. The van der Waals surface area contributed by atoms with Crippen molar-refractivity contribution in [2.45, 2.75) is 47.6 Å². The van der Waals surface area contributed by atoms with E-state index in [9.17, 15) is 9.59 Å². The molecule has 0 aromatic heterocycles. The van der Waals surface area contributed by atoms with Gasteiger partial charge in [0, 0.05) is 13.1 Å². The summed E-state index contributed by atoms with van der Waals surface area (Å²) in [7, 11) is 0. The molecule has 112 valence electrons. The lowest BCUT2D eigenvalue weighted by Crippen LogP contribution is -2.36. The lowest BCUT2D eigenvalue weighted by Gasteiger charge is -2.24. The van der Waals surface area contributed by atoms with Crippen LogP contribution < -0.4 is 0 Å². The van der Waals surface area contributed by atoms with Gasteiger partial charge in [-0.2, -0.15) is 0 Å². The van der Waals surface area contributed by atoms with Crippen LogP contribution in [0.4, 0.5) is 4.79 Å². The zero-order chi connectivity index (χ0) is 13.9. The Morgan fingerprint density at radius 3 is 2.32 bits per heavy atom. The number of ether oxygens (including phenoxy) is 2. The first-order chi connectivity index (χ1) is 8.24. The first kappa shape index (κ1) is 17.7. The summed E-state index contributed by atoms with van der Waals surface area (Å²) in [6, 6.07) is 0. The number of rotatable bonds is 2. The van der Waals surface area contributed by atoms with Crippen molar-refractivity contribution in [2.75, 3.05) is 19.7 Å². The molecule has 0 N–H and O–H groups in total. The number of likely N-dealkylation sites (tertiary alicyclic amines) is 1. The molecule has 0 aliphatic carbocycles. The molecule has 0 aromatic rings. The standard InChI is InChI=1S/C13H23NO4.CH4/c1-6-17-11(15)10-8-14(7-9(10)2)12(16)18-13(3,4)5;/h9-10H,6-8H2,1-5H3;1H4/t9-,10?;/m1./s1. The van der Waals surface area contributed by atoms with Gasteiger partial charge in [-0.1, -0.05) is 14.4 Å². The molecule has 0 bridgehead atoms. The first-order valence-electron chi connectivity index (χ1n) is 6.39. The van der Waals surface area contributed by atoms with Crippen LogP contribution in [0.3, 0.4) is 0 Å². The van der Waals surface area contributed by atoms with Gasteiger partial charge < -0.3 is 14.4 Å². The van der Waals surface area contributed by atoms with E-state index in [0.29, 0.717) is 19.7 Å². The number of carbonyl (C=O) groups is 2. The monoisotopic (exact) mass is 273 g/mol. The Labute approximate surface area is 116 Å².